The SMILES string of the molecule is O=Cc1cccc(OCC(=O)N2CCC(C(O)c3ccccc3)CC2)c1. The van der Waals surface area contributed by atoms with E-state index in [0.717, 1.165) is 24.7 Å². The highest BCUT2D eigenvalue weighted by Crippen LogP contribution is 2.30. The van der Waals surface area contributed by atoms with Gasteiger partial charge in [0.15, 0.2) is 6.61 Å². The van der Waals surface area contributed by atoms with E-state index in [9.17, 15) is 14.7 Å². The lowest BCUT2D eigenvalue weighted by atomic mass is 9.87. The van der Waals surface area contributed by atoms with Gasteiger partial charge in [-0.05, 0) is 36.5 Å². The fourth-order valence-corrected chi connectivity index (χ4v) is 3.30. The van der Waals surface area contributed by atoms with E-state index in [4.69, 9.17) is 4.74 Å². The van der Waals surface area contributed by atoms with Crippen LogP contribution in [0, 0.1) is 5.92 Å². The van der Waals surface area contributed by atoms with E-state index in [-0.39, 0.29) is 18.4 Å². The van der Waals surface area contributed by atoms with E-state index in [1.807, 2.05) is 30.3 Å². The Morgan fingerprint density at radius 3 is 2.58 bits per heavy atom. The molecule has 1 N–H and O–H groups in total. The molecule has 1 aliphatic rings. The zero-order valence-corrected chi connectivity index (χ0v) is 14.6. The van der Waals surface area contributed by atoms with Crippen LogP contribution in [-0.2, 0) is 4.79 Å². The van der Waals surface area contributed by atoms with E-state index in [1.54, 1.807) is 29.2 Å². The molecule has 0 bridgehead atoms. The van der Waals surface area contributed by atoms with Gasteiger partial charge in [-0.25, -0.2) is 0 Å². The molecular weight excluding hydrogens is 330 g/mol. The number of carbonyl (C=O) groups is 2. The van der Waals surface area contributed by atoms with Crippen LogP contribution in [0.4, 0.5) is 0 Å². The van der Waals surface area contributed by atoms with Crippen LogP contribution < -0.4 is 4.74 Å². The van der Waals surface area contributed by atoms with E-state index in [1.165, 1.54) is 0 Å². The summed E-state index contributed by atoms with van der Waals surface area (Å²) in [5.74, 6) is 0.595. The molecule has 1 heterocycles. The minimum atomic E-state index is -0.490. The second-order valence-corrected chi connectivity index (χ2v) is 6.55. The first-order chi connectivity index (χ1) is 12.7. The van der Waals surface area contributed by atoms with Crippen molar-refractivity contribution in [3.8, 4) is 5.75 Å². The lowest BCUT2D eigenvalue weighted by molar-refractivity contribution is -0.135. The molecule has 5 heteroatoms. The predicted octanol–water partition coefficient (Wildman–Crippen LogP) is 2.85. The van der Waals surface area contributed by atoms with Gasteiger partial charge in [0.2, 0.25) is 0 Å². The van der Waals surface area contributed by atoms with Gasteiger partial charge in [0.05, 0.1) is 6.10 Å². The maximum absolute atomic E-state index is 12.3. The van der Waals surface area contributed by atoms with Gasteiger partial charge in [-0.3, -0.25) is 9.59 Å². The molecule has 26 heavy (non-hydrogen) atoms. The zero-order chi connectivity index (χ0) is 18.4. The van der Waals surface area contributed by atoms with Crippen LogP contribution in [0.25, 0.3) is 0 Å². The third kappa shape index (κ3) is 4.49. The number of hydrogen-bond donors (Lipinski definition) is 1. The molecule has 1 aliphatic heterocycles. The number of rotatable bonds is 6. The van der Waals surface area contributed by atoms with Crippen LogP contribution >= 0.6 is 0 Å². The second-order valence-electron chi connectivity index (χ2n) is 6.55. The molecular formula is C21H23NO4. The number of aldehydes is 1. The normalized spacial score (nSPS) is 16.1. The first-order valence-electron chi connectivity index (χ1n) is 8.86. The van der Waals surface area contributed by atoms with Crippen LogP contribution in [0.2, 0.25) is 0 Å². The number of aliphatic hydroxyl groups excluding tert-OH is 1. The average molecular weight is 353 g/mol. The van der Waals surface area contributed by atoms with Crippen molar-refractivity contribution >= 4 is 12.2 Å². The minimum Gasteiger partial charge on any atom is -0.484 e. The van der Waals surface area contributed by atoms with Crippen molar-refractivity contribution in [1.29, 1.82) is 0 Å². The number of amides is 1. The summed E-state index contributed by atoms with van der Waals surface area (Å²) >= 11 is 0. The quantitative estimate of drug-likeness (QED) is 0.811. The highest BCUT2D eigenvalue weighted by molar-refractivity contribution is 5.78. The molecule has 0 aromatic heterocycles. The smallest absolute Gasteiger partial charge is 0.260 e. The van der Waals surface area contributed by atoms with Gasteiger partial charge in [0.1, 0.15) is 12.0 Å². The van der Waals surface area contributed by atoms with Gasteiger partial charge in [0, 0.05) is 18.7 Å². The molecule has 0 aliphatic carbocycles. The van der Waals surface area contributed by atoms with Crippen molar-refractivity contribution in [2.75, 3.05) is 19.7 Å². The summed E-state index contributed by atoms with van der Waals surface area (Å²) in [7, 11) is 0. The summed E-state index contributed by atoms with van der Waals surface area (Å²) in [6, 6.07) is 16.4. The topological polar surface area (TPSA) is 66.8 Å². The van der Waals surface area contributed by atoms with Crippen molar-refractivity contribution in [3.05, 3.63) is 65.7 Å². The zero-order valence-electron chi connectivity index (χ0n) is 14.6. The Bertz CT molecular complexity index is 739. The molecule has 1 fully saturated rings. The Hall–Kier alpha value is -2.66. The number of nitrogens with zero attached hydrogens (tertiary/aromatic N) is 1. The Morgan fingerprint density at radius 1 is 1.15 bits per heavy atom. The summed E-state index contributed by atoms with van der Waals surface area (Å²) in [6.07, 6.45) is 1.79. The second kappa shape index (κ2) is 8.63. The summed E-state index contributed by atoms with van der Waals surface area (Å²) in [6.45, 7) is 1.18. The number of aliphatic hydroxyl groups is 1. The van der Waals surface area contributed by atoms with Gasteiger partial charge in [-0.15, -0.1) is 0 Å². The number of likely N-dealkylation sites (tertiary alicyclic amines) is 1. The van der Waals surface area contributed by atoms with Crippen molar-refractivity contribution in [1.82, 2.24) is 4.90 Å². The average Bonchev–Trinajstić information content (AvgIpc) is 2.72. The number of hydrogen-bond acceptors (Lipinski definition) is 4. The maximum Gasteiger partial charge on any atom is 0.260 e. The van der Waals surface area contributed by atoms with Crippen LogP contribution in [0.3, 0.4) is 0 Å². The van der Waals surface area contributed by atoms with E-state index >= 15 is 0 Å². The molecule has 1 atom stereocenters. The molecule has 1 saturated heterocycles. The molecule has 3 rings (SSSR count). The molecule has 1 unspecified atom stereocenters. The molecule has 0 radical (unpaired) electrons. The van der Waals surface area contributed by atoms with Gasteiger partial charge in [-0.1, -0.05) is 42.5 Å². The third-order valence-electron chi connectivity index (χ3n) is 4.84. The van der Waals surface area contributed by atoms with E-state index < -0.39 is 6.10 Å². The molecule has 5 nitrogen and oxygen atoms in total. The van der Waals surface area contributed by atoms with Crippen LogP contribution in [0.5, 0.6) is 5.75 Å². The molecule has 2 aromatic rings. The highest BCUT2D eigenvalue weighted by atomic mass is 16.5. The van der Waals surface area contributed by atoms with Crippen molar-refractivity contribution in [2.45, 2.75) is 18.9 Å². The lowest BCUT2D eigenvalue weighted by Crippen LogP contribution is -2.42. The Morgan fingerprint density at radius 2 is 1.88 bits per heavy atom. The predicted molar refractivity (Wildman–Crippen MR) is 98.0 cm³/mol. The maximum atomic E-state index is 12.3. The molecule has 0 spiro atoms. The molecule has 136 valence electrons. The van der Waals surface area contributed by atoms with Crippen molar-refractivity contribution in [3.63, 3.8) is 0 Å². The number of piperidine rings is 1. The fraction of sp³-hybridized carbons (Fsp3) is 0.333. The summed E-state index contributed by atoms with van der Waals surface area (Å²) < 4.78 is 5.51. The minimum absolute atomic E-state index is 0.0474. The first kappa shape index (κ1) is 18.1. The molecule has 2 aromatic carbocycles. The number of ether oxygens (including phenoxy) is 1. The van der Waals surface area contributed by atoms with Crippen LogP contribution in [-0.4, -0.2) is 41.9 Å². The van der Waals surface area contributed by atoms with Crippen LogP contribution in [0.1, 0.15) is 34.9 Å². The summed E-state index contributed by atoms with van der Waals surface area (Å²) in [4.78, 5) is 24.9. The van der Waals surface area contributed by atoms with Gasteiger partial charge in [0.25, 0.3) is 5.91 Å². The standard InChI is InChI=1S/C21H23NO4/c23-14-16-5-4-8-19(13-16)26-15-20(24)22-11-9-18(10-12-22)21(25)17-6-2-1-3-7-17/h1-8,13-14,18,21,25H,9-12,15H2. The monoisotopic (exact) mass is 353 g/mol. The number of carbonyl (C=O) groups excluding carboxylic acids is 2. The summed E-state index contributed by atoms with van der Waals surface area (Å²) in [5, 5.41) is 10.5. The van der Waals surface area contributed by atoms with Gasteiger partial charge < -0.3 is 14.7 Å². The first-order valence-corrected chi connectivity index (χ1v) is 8.86. The highest BCUT2D eigenvalue weighted by Gasteiger charge is 2.28. The Kier molecular flexibility index (Phi) is 6.02. The van der Waals surface area contributed by atoms with Crippen LogP contribution in [0.15, 0.2) is 54.6 Å². The fourth-order valence-electron chi connectivity index (χ4n) is 3.30. The lowest BCUT2D eigenvalue weighted by Gasteiger charge is -2.34. The van der Waals surface area contributed by atoms with Gasteiger partial charge in [-0.2, -0.15) is 0 Å². The largest absolute Gasteiger partial charge is 0.484 e. The van der Waals surface area contributed by atoms with E-state index in [2.05, 4.69) is 0 Å². The van der Waals surface area contributed by atoms with Gasteiger partial charge >= 0.3 is 0 Å². The molecule has 1 amide bonds. The van der Waals surface area contributed by atoms with Crippen molar-refractivity contribution < 1.29 is 19.4 Å². The van der Waals surface area contributed by atoms with E-state index in [0.29, 0.717) is 24.4 Å². The summed E-state index contributed by atoms with van der Waals surface area (Å²) in [5.41, 5.74) is 1.45. The third-order valence-corrected chi connectivity index (χ3v) is 4.84. The molecule has 0 saturated carbocycles. The Labute approximate surface area is 153 Å². The Balaban J connectivity index is 1.48. The number of benzene rings is 2. The van der Waals surface area contributed by atoms with Crippen molar-refractivity contribution in [2.24, 2.45) is 5.92 Å².